The number of carbonyl (C=O) groups excluding carboxylic acids is 1. The summed E-state index contributed by atoms with van der Waals surface area (Å²) in [5.41, 5.74) is 3.21. The van der Waals surface area contributed by atoms with Gasteiger partial charge < -0.3 is 19.5 Å². The second-order valence-electron chi connectivity index (χ2n) is 6.92. The Bertz CT molecular complexity index is 926. The van der Waals surface area contributed by atoms with E-state index in [0.29, 0.717) is 13.1 Å². The van der Waals surface area contributed by atoms with Gasteiger partial charge in [0.2, 0.25) is 0 Å². The lowest BCUT2D eigenvalue weighted by atomic mass is 10.2. The van der Waals surface area contributed by atoms with Crippen molar-refractivity contribution in [2.24, 2.45) is 0 Å². The molecule has 0 radical (unpaired) electrons. The molecule has 0 saturated carbocycles. The number of fused-ring (bicyclic) bond motifs is 3. The first-order chi connectivity index (χ1) is 12.7. The number of para-hydroxylation sites is 2. The third kappa shape index (κ3) is 2.96. The van der Waals surface area contributed by atoms with Crippen LogP contribution in [-0.2, 0) is 0 Å². The van der Waals surface area contributed by atoms with Gasteiger partial charge in [0.25, 0.3) is 0 Å². The molecule has 26 heavy (non-hydrogen) atoms. The van der Waals surface area contributed by atoms with Crippen LogP contribution in [0, 0.1) is 0 Å². The van der Waals surface area contributed by atoms with Gasteiger partial charge >= 0.3 is 6.03 Å². The zero-order valence-corrected chi connectivity index (χ0v) is 15.4. The normalized spacial score (nSPS) is 16.2. The van der Waals surface area contributed by atoms with E-state index >= 15 is 0 Å². The van der Waals surface area contributed by atoms with Gasteiger partial charge in [-0.1, -0.05) is 19.1 Å². The molecule has 1 atom stereocenters. The van der Waals surface area contributed by atoms with Gasteiger partial charge in [-0.2, -0.15) is 0 Å². The molecule has 1 aliphatic rings. The van der Waals surface area contributed by atoms with Crippen LogP contribution in [0.1, 0.15) is 20.3 Å². The summed E-state index contributed by atoms with van der Waals surface area (Å²) in [5, 5.41) is 3.05. The number of urea groups is 1. The lowest BCUT2D eigenvalue weighted by Gasteiger charge is -2.36. The molecule has 0 spiro atoms. The molecule has 3 heterocycles. The van der Waals surface area contributed by atoms with E-state index in [1.54, 1.807) is 0 Å². The predicted molar refractivity (Wildman–Crippen MR) is 105 cm³/mol. The molecule has 6 nitrogen and oxygen atoms in total. The molecular weight excluding hydrogens is 326 g/mol. The maximum atomic E-state index is 12.3. The summed E-state index contributed by atoms with van der Waals surface area (Å²) in [4.78, 5) is 21.4. The molecule has 4 rings (SSSR count). The van der Waals surface area contributed by atoms with Crippen LogP contribution in [0.5, 0.6) is 0 Å². The second-order valence-corrected chi connectivity index (χ2v) is 6.92. The zero-order valence-electron chi connectivity index (χ0n) is 15.4. The van der Waals surface area contributed by atoms with E-state index in [2.05, 4.69) is 45.9 Å². The first-order valence-corrected chi connectivity index (χ1v) is 9.33. The Hall–Kier alpha value is -2.76. The van der Waals surface area contributed by atoms with E-state index in [-0.39, 0.29) is 12.1 Å². The monoisotopic (exact) mass is 351 g/mol. The standard InChI is InChI=1S/C20H25N5O/c1-3-15(2)21-20(26)24-13-11-23(12-14-24)19-18-9-6-10-25(18)17-8-5-4-7-16(17)22-19/h4-10,15H,3,11-14H2,1-2H3,(H,21,26)/t15-/m1/s1. The fourth-order valence-electron chi connectivity index (χ4n) is 3.47. The number of nitrogens with one attached hydrogen (secondary N) is 1. The second kappa shape index (κ2) is 6.86. The highest BCUT2D eigenvalue weighted by atomic mass is 16.2. The summed E-state index contributed by atoms with van der Waals surface area (Å²) >= 11 is 0. The molecule has 2 amide bonds. The van der Waals surface area contributed by atoms with Crippen molar-refractivity contribution in [3.8, 4) is 0 Å². The van der Waals surface area contributed by atoms with Crippen LogP contribution < -0.4 is 10.2 Å². The molecule has 1 saturated heterocycles. The highest BCUT2D eigenvalue weighted by molar-refractivity contribution is 5.85. The summed E-state index contributed by atoms with van der Waals surface area (Å²) in [5.74, 6) is 0.996. The van der Waals surface area contributed by atoms with Gasteiger partial charge in [0, 0.05) is 38.4 Å². The number of amides is 2. The summed E-state index contributed by atoms with van der Waals surface area (Å²) in [6, 6.07) is 12.6. The van der Waals surface area contributed by atoms with Crippen molar-refractivity contribution in [3.63, 3.8) is 0 Å². The van der Waals surface area contributed by atoms with E-state index in [1.165, 1.54) is 0 Å². The minimum atomic E-state index is 0.0401. The Balaban J connectivity index is 1.56. The molecule has 2 aromatic heterocycles. The van der Waals surface area contributed by atoms with Crippen LogP contribution in [0.15, 0.2) is 42.6 Å². The van der Waals surface area contributed by atoms with Gasteiger partial charge in [0.05, 0.1) is 16.6 Å². The maximum absolute atomic E-state index is 12.3. The van der Waals surface area contributed by atoms with Crippen molar-refractivity contribution in [1.29, 1.82) is 0 Å². The van der Waals surface area contributed by atoms with Crippen molar-refractivity contribution in [2.75, 3.05) is 31.1 Å². The first-order valence-electron chi connectivity index (χ1n) is 9.33. The third-order valence-electron chi connectivity index (χ3n) is 5.19. The maximum Gasteiger partial charge on any atom is 0.317 e. The molecule has 1 aliphatic heterocycles. The predicted octanol–water partition coefficient (Wildman–Crippen LogP) is 3.12. The topological polar surface area (TPSA) is 52.9 Å². The molecule has 6 heteroatoms. The molecule has 3 aromatic rings. The number of aromatic nitrogens is 2. The van der Waals surface area contributed by atoms with Gasteiger partial charge in [-0.05, 0) is 37.6 Å². The molecule has 1 aromatic carbocycles. The minimum Gasteiger partial charge on any atom is -0.351 e. The van der Waals surface area contributed by atoms with Gasteiger partial charge in [0.15, 0.2) is 5.82 Å². The van der Waals surface area contributed by atoms with Gasteiger partial charge in [-0.3, -0.25) is 0 Å². The molecule has 0 bridgehead atoms. The lowest BCUT2D eigenvalue weighted by Crippen LogP contribution is -2.53. The van der Waals surface area contributed by atoms with E-state index in [9.17, 15) is 4.79 Å². The number of anilines is 1. The molecular formula is C20H25N5O. The van der Waals surface area contributed by atoms with Crippen LogP contribution in [0.2, 0.25) is 0 Å². The number of hydrogen-bond donors (Lipinski definition) is 1. The average molecular weight is 351 g/mol. The zero-order chi connectivity index (χ0) is 18.1. The Labute approximate surface area is 153 Å². The SMILES string of the molecule is CC[C@@H](C)NC(=O)N1CCN(c2nc3ccccc3n3cccc23)CC1. The lowest BCUT2D eigenvalue weighted by molar-refractivity contribution is 0.190. The first kappa shape index (κ1) is 16.7. The molecule has 136 valence electrons. The summed E-state index contributed by atoms with van der Waals surface area (Å²) in [7, 11) is 0. The van der Waals surface area contributed by atoms with Crippen molar-refractivity contribution >= 4 is 28.4 Å². The van der Waals surface area contributed by atoms with E-state index in [4.69, 9.17) is 4.98 Å². The Morgan fingerprint density at radius 2 is 1.85 bits per heavy atom. The van der Waals surface area contributed by atoms with Gasteiger partial charge in [-0.15, -0.1) is 0 Å². The largest absolute Gasteiger partial charge is 0.351 e. The quantitative estimate of drug-likeness (QED) is 0.789. The molecule has 0 aliphatic carbocycles. The molecule has 0 unspecified atom stereocenters. The number of nitrogens with zero attached hydrogens (tertiary/aromatic N) is 4. The fourth-order valence-corrected chi connectivity index (χ4v) is 3.47. The summed E-state index contributed by atoms with van der Waals surface area (Å²) in [6.45, 7) is 7.13. The van der Waals surface area contributed by atoms with Gasteiger partial charge in [-0.25, -0.2) is 9.78 Å². The van der Waals surface area contributed by atoms with E-state index < -0.39 is 0 Å². The number of rotatable bonds is 3. The molecule has 1 N–H and O–H groups in total. The highest BCUT2D eigenvalue weighted by Gasteiger charge is 2.24. The van der Waals surface area contributed by atoms with Crippen LogP contribution in [-0.4, -0.2) is 52.5 Å². The number of carbonyl (C=O) groups is 1. The Morgan fingerprint density at radius 1 is 1.12 bits per heavy atom. The van der Waals surface area contributed by atoms with E-state index in [1.807, 2.05) is 30.0 Å². The van der Waals surface area contributed by atoms with Crippen LogP contribution in [0.4, 0.5) is 10.6 Å². The number of benzene rings is 1. The minimum absolute atomic E-state index is 0.0401. The molecule has 1 fully saturated rings. The van der Waals surface area contributed by atoms with Crippen molar-refractivity contribution in [1.82, 2.24) is 19.6 Å². The van der Waals surface area contributed by atoms with Crippen LogP contribution >= 0.6 is 0 Å². The van der Waals surface area contributed by atoms with E-state index in [0.717, 1.165) is 41.9 Å². The summed E-state index contributed by atoms with van der Waals surface area (Å²) in [6.07, 6.45) is 3.03. The number of piperazine rings is 1. The highest BCUT2D eigenvalue weighted by Crippen LogP contribution is 2.26. The van der Waals surface area contributed by atoms with Crippen molar-refractivity contribution in [3.05, 3.63) is 42.6 Å². The van der Waals surface area contributed by atoms with Gasteiger partial charge in [0.1, 0.15) is 0 Å². The third-order valence-corrected chi connectivity index (χ3v) is 5.19. The summed E-state index contributed by atoms with van der Waals surface area (Å²) < 4.78 is 2.19. The number of hydrogen-bond acceptors (Lipinski definition) is 3. The van der Waals surface area contributed by atoms with Crippen LogP contribution in [0.3, 0.4) is 0 Å². The Kier molecular flexibility index (Phi) is 4.41. The van der Waals surface area contributed by atoms with Crippen molar-refractivity contribution in [2.45, 2.75) is 26.3 Å². The van der Waals surface area contributed by atoms with Crippen molar-refractivity contribution < 1.29 is 4.79 Å². The average Bonchev–Trinajstić information content (AvgIpc) is 3.17. The smallest absolute Gasteiger partial charge is 0.317 e. The fraction of sp³-hybridized carbons (Fsp3) is 0.400. The van der Waals surface area contributed by atoms with Crippen LogP contribution in [0.25, 0.3) is 16.6 Å². The Morgan fingerprint density at radius 3 is 2.62 bits per heavy atom.